The molecule has 0 fully saturated rings. The van der Waals surface area contributed by atoms with Crippen molar-refractivity contribution in [2.45, 2.75) is 147 Å². The first kappa shape index (κ1) is 34.6. The Labute approximate surface area is 236 Å². The van der Waals surface area contributed by atoms with Gasteiger partial charge in [-0.25, -0.2) is 0 Å². The summed E-state index contributed by atoms with van der Waals surface area (Å²) in [5.74, 6) is 0. The third-order valence-corrected chi connectivity index (χ3v) is 11.2. The molecule has 0 heterocycles. The van der Waals surface area contributed by atoms with Gasteiger partial charge in [0.05, 0.1) is 4.87 Å². The fourth-order valence-electron chi connectivity index (χ4n) is 5.44. The molecule has 0 spiro atoms. The fraction of sp³-hybridized carbons (Fsp3) is 0.812. The van der Waals surface area contributed by atoms with Gasteiger partial charge in [0.25, 0.3) is 0 Å². The van der Waals surface area contributed by atoms with E-state index in [1.54, 1.807) is 21.3 Å². The van der Waals surface area contributed by atoms with Gasteiger partial charge in [-0.3, -0.25) is 0 Å². The number of alkyl halides is 1. The average molecular weight is 555 g/mol. The quantitative estimate of drug-likeness (QED) is 0.0683. The molecule has 0 bridgehead atoms. The van der Waals surface area contributed by atoms with Crippen LogP contribution in [0.4, 0.5) is 0 Å². The lowest BCUT2D eigenvalue weighted by atomic mass is 9.88. The summed E-state index contributed by atoms with van der Waals surface area (Å²) in [5, 5.41) is 0. The highest BCUT2D eigenvalue weighted by Crippen LogP contribution is 2.37. The van der Waals surface area contributed by atoms with Gasteiger partial charge < -0.3 is 13.3 Å². The van der Waals surface area contributed by atoms with E-state index in [0.717, 1.165) is 25.3 Å². The highest BCUT2D eigenvalue weighted by Gasteiger charge is 2.37. The molecule has 1 atom stereocenters. The molecular formula is C32H59ClO3Si. The van der Waals surface area contributed by atoms with E-state index in [0.29, 0.717) is 0 Å². The summed E-state index contributed by atoms with van der Waals surface area (Å²) in [6.45, 7) is 4.48. The lowest BCUT2D eigenvalue weighted by molar-refractivity contribution is 0.123. The summed E-state index contributed by atoms with van der Waals surface area (Å²) in [6.07, 6.45) is 25.3. The van der Waals surface area contributed by atoms with Crippen LogP contribution in [0.15, 0.2) is 24.3 Å². The standard InChI is InChI=1S/C32H59ClO3Si/c1-6-7-8-9-10-11-12-13-14-15-16-17-18-19-20-23-28-32(2,33)31-27-22-21-25-30(31)26-24-29-37(34-3,35-4)36-5/h21-22,25,27H,6-20,23-24,26,28-29H2,1-5H3. The third kappa shape index (κ3) is 15.1. The molecule has 1 aromatic carbocycles. The van der Waals surface area contributed by atoms with Crippen molar-refractivity contribution in [3.05, 3.63) is 35.4 Å². The van der Waals surface area contributed by atoms with E-state index in [1.807, 2.05) is 0 Å². The van der Waals surface area contributed by atoms with Gasteiger partial charge in [0, 0.05) is 27.4 Å². The Morgan fingerprint density at radius 2 is 1.08 bits per heavy atom. The van der Waals surface area contributed by atoms with Gasteiger partial charge >= 0.3 is 8.80 Å². The summed E-state index contributed by atoms with van der Waals surface area (Å²) >= 11 is 7.12. The van der Waals surface area contributed by atoms with Crippen LogP contribution in [-0.2, 0) is 24.6 Å². The second-order valence-electron chi connectivity index (χ2n) is 11.1. The van der Waals surface area contributed by atoms with Gasteiger partial charge in [-0.2, -0.15) is 0 Å². The van der Waals surface area contributed by atoms with E-state index in [9.17, 15) is 0 Å². The smallest absolute Gasteiger partial charge is 0.377 e. The molecule has 0 aliphatic rings. The van der Waals surface area contributed by atoms with Gasteiger partial charge in [0.2, 0.25) is 0 Å². The van der Waals surface area contributed by atoms with Crippen LogP contribution in [0.2, 0.25) is 6.04 Å². The first-order valence-corrected chi connectivity index (χ1v) is 17.7. The SMILES string of the molecule is CCCCCCCCCCCCCCCCCCC(C)(Cl)c1ccccc1CCC[Si](OC)(OC)OC. The number of hydrogen-bond acceptors (Lipinski definition) is 3. The van der Waals surface area contributed by atoms with E-state index in [2.05, 4.69) is 38.1 Å². The van der Waals surface area contributed by atoms with Gasteiger partial charge in [-0.1, -0.05) is 134 Å². The molecular weight excluding hydrogens is 496 g/mol. The zero-order valence-electron chi connectivity index (χ0n) is 25.1. The molecule has 0 saturated carbocycles. The molecule has 0 aliphatic heterocycles. The molecule has 5 heteroatoms. The van der Waals surface area contributed by atoms with E-state index in [4.69, 9.17) is 24.9 Å². The minimum absolute atomic E-state index is 0.315. The molecule has 0 N–H and O–H groups in total. The fourth-order valence-corrected chi connectivity index (χ4v) is 7.48. The van der Waals surface area contributed by atoms with Crippen LogP contribution >= 0.6 is 11.6 Å². The highest BCUT2D eigenvalue weighted by atomic mass is 35.5. The maximum absolute atomic E-state index is 7.12. The zero-order valence-corrected chi connectivity index (χ0v) is 26.8. The van der Waals surface area contributed by atoms with Crippen molar-refractivity contribution >= 4 is 20.4 Å². The van der Waals surface area contributed by atoms with Gasteiger partial charge in [-0.05, 0) is 37.3 Å². The van der Waals surface area contributed by atoms with Crippen molar-refractivity contribution in [1.82, 2.24) is 0 Å². The van der Waals surface area contributed by atoms with Crippen molar-refractivity contribution in [2.75, 3.05) is 21.3 Å². The first-order valence-electron chi connectivity index (χ1n) is 15.4. The number of halogens is 1. The molecule has 0 radical (unpaired) electrons. The molecule has 37 heavy (non-hydrogen) atoms. The van der Waals surface area contributed by atoms with Crippen LogP contribution in [0.1, 0.15) is 141 Å². The van der Waals surface area contributed by atoms with Crippen LogP contribution in [0, 0.1) is 0 Å². The van der Waals surface area contributed by atoms with Crippen molar-refractivity contribution in [2.24, 2.45) is 0 Å². The minimum atomic E-state index is -2.52. The number of aryl methyl sites for hydroxylation is 1. The van der Waals surface area contributed by atoms with Gasteiger partial charge in [0.15, 0.2) is 0 Å². The van der Waals surface area contributed by atoms with Crippen LogP contribution in [0.25, 0.3) is 0 Å². The molecule has 1 aromatic rings. The normalized spacial score (nSPS) is 13.7. The second-order valence-corrected chi connectivity index (χ2v) is 15.0. The topological polar surface area (TPSA) is 27.7 Å². The van der Waals surface area contributed by atoms with Crippen molar-refractivity contribution in [3.63, 3.8) is 0 Å². The number of unbranched alkanes of at least 4 members (excludes halogenated alkanes) is 15. The van der Waals surface area contributed by atoms with E-state index >= 15 is 0 Å². The minimum Gasteiger partial charge on any atom is -0.377 e. The molecule has 0 aliphatic carbocycles. The predicted octanol–water partition coefficient (Wildman–Crippen LogP) is 10.6. The van der Waals surface area contributed by atoms with Crippen molar-refractivity contribution < 1.29 is 13.3 Å². The summed E-state index contributed by atoms with van der Waals surface area (Å²) in [6, 6.07) is 9.48. The molecule has 0 amide bonds. The Morgan fingerprint density at radius 1 is 0.649 bits per heavy atom. The van der Waals surface area contributed by atoms with Crippen LogP contribution in [0.5, 0.6) is 0 Å². The molecule has 1 rings (SSSR count). The molecule has 3 nitrogen and oxygen atoms in total. The average Bonchev–Trinajstić information content (AvgIpc) is 2.91. The first-order chi connectivity index (χ1) is 17.9. The molecule has 0 aromatic heterocycles. The number of rotatable bonds is 25. The summed E-state index contributed by atoms with van der Waals surface area (Å²) < 4.78 is 16.7. The Kier molecular flexibility index (Phi) is 20.1. The monoisotopic (exact) mass is 554 g/mol. The molecule has 216 valence electrons. The van der Waals surface area contributed by atoms with Crippen LogP contribution < -0.4 is 0 Å². The lowest BCUT2D eigenvalue weighted by Crippen LogP contribution is -2.42. The highest BCUT2D eigenvalue weighted by molar-refractivity contribution is 6.60. The maximum atomic E-state index is 7.12. The van der Waals surface area contributed by atoms with E-state index < -0.39 is 8.80 Å². The zero-order chi connectivity index (χ0) is 27.2. The Hall–Kier alpha value is -0.393. The molecule has 0 saturated heterocycles. The number of hydrogen-bond donors (Lipinski definition) is 0. The maximum Gasteiger partial charge on any atom is 0.500 e. The van der Waals surface area contributed by atoms with Crippen LogP contribution in [-0.4, -0.2) is 30.1 Å². The second kappa shape index (κ2) is 21.4. The largest absolute Gasteiger partial charge is 0.500 e. The Bertz CT molecular complexity index is 655. The summed E-state index contributed by atoms with van der Waals surface area (Å²) in [7, 11) is 2.52. The Morgan fingerprint density at radius 3 is 1.54 bits per heavy atom. The van der Waals surface area contributed by atoms with E-state index in [-0.39, 0.29) is 4.87 Å². The Balaban J connectivity index is 2.19. The van der Waals surface area contributed by atoms with Gasteiger partial charge in [-0.15, -0.1) is 11.6 Å². The third-order valence-electron chi connectivity index (χ3n) is 7.94. The predicted molar refractivity (Wildman–Crippen MR) is 164 cm³/mol. The van der Waals surface area contributed by atoms with E-state index in [1.165, 1.54) is 114 Å². The van der Waals surface area contributed by atoms with Crippen LogP contribution in [0.3, 0.4) is 0 Å². The summed E-state index contributed by atoms with van der Waals surface area (Å²) in [4.78, 5) is -0.315. The summed E-state index contributed by atoms with van der Waals surface area (Å²) in [5.41, 5.74) is 2.61. The van der Waals surface area contributed by atoms with Crippen molar-refractivity contribution in [1.29, 1.82) is 0 Å². The number of benzene rings is 1. The lowest BCUT2D eigenvalue weighted by Gasteiger charge is -2.27. The van der Waals surface area contributed by atoms with Crippen molar-refractivity contribution in [3.8, 4) is 0 Å². The molecule has 1 unspecified atom stereocenters. The van der Waals surface area contributed by atoms with Gasteiger partial charge in [0.1, 0.15) is 0 Å².